The van der Waals surface area contributed by atoms with Gasteiger partial charge in [0, 0.05) is 12.1 Å². The van der Waals surface area contributed by atoms with Crippen molar-refractivity contribution < 1.29 is 32.6 Å². The molecule has 0 unspecified atom stereocenters. The highest BCUT2D eigenvalue weighted by molar-refractivity contribution is 7.91. The highest BCUT2D eigenvalue weighted by Crippen LogP contribution is 2.17. The van der Waals surface area contributed by atoms with Crippen molar-refractivity contribution in [1.82, 2.24) is 0 Å². The minimum atomic E-state index is -3.53. The fraction of sp³-hybridized carbons (Fsp3) is 0.647. The summed E-state index contributed by atoms with van der Waals surface area (Å²) in [5.41, 5.74) is -0.109. The van der Waals surface area contributed by atoms with E-state index in [1.165, 1.54) is 34.1 Å². The minimum absolute atomic E-state index is 0.0322. The van der Waals surface area contributed by atoms with Gasteiger partial charge >= 0.3 is 0 Å². The van der Waals surface area contributed by atoms with Crippen LogP contribution in [-0.4, -0.2) is 84.3 Å². The maximum absolute atomic E-state index is 13.0. The van der Waals surface area contributed by atoms with Gasteiger partial charge in [0.25, 0.3) is 5.69 Å². The number of nitro groups is 1. The molecule has 1 aromatic rings. The van der Waals surface area contributed by atoms with Gasteiger partial charge in [0.1, 0.15) is 38.5 Å². The topological polar surface area (TPSA) is 105 Å². The molecule has 0 amide bonds. The summed E-state index contributed by atoms with van der Waals surface area (Å²) in [6, 6.07) is 5.12. The van der Waals surface area contributed by atoms with Gasteiger partial charge in [-0.05, 0) is 12.1 Å². The number of nitrogens with one attached hydrogen (secondary N) is 2. The Bertz CT molecular complexity index is 728. The Morgan fingerprint density at radius 1 is 1.00 bits per heavy atom. The zero-order valence-electron chi connectivity index (χ0n) is 15.3. The third-order valence-corrected chi connectivity index (χ3v) is 7.11. The standard InChI is InChI=1S/C17H25N3O6S/c21-20(22)15-1-3-17(4-2-15)27(23,24)14-16(19-7-11-26-12-8-19)13-18-5-9-25-10-6-18/h1-4,16H,5-14H2/p+2/t16-/m0/s1. The Hall–Kier alpha value is -1.59. The number of ether oxygens (including phenoxy) is 2. The Labute approximate surface area is 158 Å². The van der Waals surface area contributed by atoms with E-state index in [1.54, 1.807) is 0 Å². The molecule has 2 saturated heterocycles. The SMILES string of the molecule is O=[N+]([O-])c1ccc(S(=O)(=O)C[C@H](C[NH+]2CCOCC2)[NH+]2CCOCC2)cc1. The molecule has 10 heteroatoms. The van der Waals surface area contributed by atoms with Crippen LogP contribution in [0.3, 0.4) is 0 Å². The summed E-state index contributed by atoms with van der Waals surface area (Å²) in [6.45, 7) is 6.82. The molecule has 2 aliphatic rings. The van der Waals surface area contributed by atoms with Crippen LogP contribution in [0.15, 0.2) is 29.2 Å². The first-order valence-corrected chi connectivity index (χ1v) is 10.9. The molecule has 2 aliphatic heterocycles. The molecule has 0 aromatic heterocycles. The maximum Gasteiger partial charge on any atom is 0.269 e. The van der Waals surface area contributed by atoms with Crippen LogP contribution in [0, 0.1) is 10.1 Å². The van der Waals surface area contributed by atoms with Gasteiger partial charge in [-0.1, -0.05) is 0 Å². The molecule has 2 heterocycles. The Kier molecular flexibility index (Phi) is 6.77. The van der Waals surface area contributed by atoms with Crippen molar-refractivity contribution in [1.29, 1.82) is 0 Å². The Morgan fingerprint density at radius 3 is 2.11 bits per heavy atom. The molecule has 0 bridgehead atoms. The number of hydrogen-bond acceptors (Lipinski definition) is 6. The van der Waals surface area contributed by atoms with Crippen LogP contribution in [0.5, 0.6) is 0 Å². The molecule has 0 aliphatic carbocycles. The van der Waals surface area contributed by atoms with Crippen LogP contribution in [0.1, 0.15) is 0 Å². The summed E-state index contributed by atoms with van der Waals surface area (Å²) >= 11 is 0. The quantitative estimate of drug-likeness (QED) is 0.389. The molecular formula is C17H27N3O6S+2. The van der Waals surface area contributed by atoms with Gasteiger partial charge in [0.2, 0.25) is 0 Å². The highest BCUT2D eigenvalue weighted by atomic mass is 32.2. The van der Waals surface area contributed by atoms with Gasteiger partial charge in [-0.15, -0.1) is 0 Å². The summed E-state index contributed by atoms with van der Waals surface area (Å²) in [6.07, 6.45) is 0. The summed E-state index contributed by atoms with van der Waals surface area (Å²) in [4.78, 5) is 13.0. The van der Waals surface area contributed by atoms with Gasteiger partial charge in [0.15, 0.2) is 15.9 Å². The van der Waals surface area contributed by atoms with E-state index in [4.69, 9.17) is 9.47 Å². The van der Waals surface area contributed by atoms with Gasteiger partial charge in [-0.3, -0.25) is 10.1 Å². The van der Waals surface area contributed by atoms with Crippen LogP contribution in [0.25, 0.3) is 0 Å². The van der Waals surface area contributed by atoms with Crippen LogP contribution in [0.2, 0.25) is 0 Å². The third kappa shape index (κ3) is 5.45. The normalized spacial score (nSPS) is 21.0. The lowest BCUT2D eigenvalue weighted by Gasteiger charge is -2.34. The van der Waals surface area contributed by atoms with Crippen molar-refractivity contribution in [3.8, 4) is 0 Å². The molecule has 1 atom stereocenters. The average Bonchev–Trinajstić information content (AvgIpc) is 2.69. The molecule has 0 radical (unpaired) electrons. The first kappa shape index (κ1) is 20.2. The zero-order chi connectivity index (χ0) is 19.3. The van der Waals surface area contributed by atoms with E-state index in [9.17, 15) is 18.5 Å². The van der Waals surface area contributed by atoms with Gasteiger partial charge in [0.05, 0.1) is 36.2 Å². The minimum Gasteiger partial charge on any atom is -0.370 e. The number of sulfone groups is 1. The van der Waals surface area contributed by atoms with Crippen molar-refractivity contribution >= 4 is 15.5 Å². The average molecular weight is 401 g/mol. The van der Waals surface area contributed by atoms with E-state index in [0.29, 0.717) is 26.4 Å². The van der Waals surface area contributed by atoms with Crippen molar-refractivity contribution in [3.63, 3.8) is 0 Å². The van der Waals surface area contributed by atoms with Gasteiger partial charge in [-0.25, -0.2) is 8.42 Å². The highest BCUT2D eigenvalue weighted by Gasteiger charge is 2.34. The van der Waals surface area contributed by atoms with E-state index >= 15 is 0 Å². The molecule has 1 aromatic carbocycles. The monoisotopic (exact) mass is 401 g/mol. The predicted octanol–water partition coefficient (Wildman–Crippen LogP) is -2.43. The molecule has 150 valence electrons. The smallest absolute Gasteiger partial charge is 0.269 e. The fourth-order valence-corrected chi connectivity index (χ4v) is 5.34. The molecule has 0 saturated carbocycles. The van der Waals surface area contributed by atoms with Crippen LogP contribution in [-0.2, 0) is 19.3 Å². The lowest BCUT2D eigenvalue weighted by atomic mass is 10.2. The number of non-ortho nitro benzene ring substituents is 1. The lowest BCUT2D eigenvalue weighted by Crippen LogP contribution is -3.25. The Balaban J connectivity index is 1.75. The van der Waals surface area contributed by atoms with E-state index in [2.05, 4.69) is 0 Å². The molecule has 2 fully saturated rings. The molecule has 0 spiro atoms. The number of morpholine rings is 2. The van der Waals surface area contributed by atoms with Crippen molar-refractivity contribution in [3.05, 3.63) is 34.4 Å². The first-order chi connectivity index (χ1) is 13.0. The number of hydrogen-bond donors (Lipinski definition) is 2. The van der Waals surface area contributed by atoms with E-state index in [0.717, 1.165) is 32.7 Å². The molecular weight excluding hydrogens is 374 g/mol. The summed E-state index contributed by atoms with van der Waals surface area (Å²) < 4.78 is 36.8. The first-order valence-electron chi connectivity index (χ1n) is 9.26. The second kappa shape index (κ2) is 9.07. The fourth-order valence-electron chi connectivity index (χ4n) is 3.71. The van der Waals surface area contributed by atoms with Crippen LogP contribution in [0.4, 0.5) is 5.69 Å². The van der Waals surface area contributed by atoms with Crippen molar-refractivity contribution in [2.24, 2.45) is 0 Å². The van der Waals surface area contributed by atoms with Crippen molar-refractivity contribution in [2.45, 2.75) is 10.9 Å². The Morgan fingerprint density at radius 2 is 1.56 bits per heavy atom. The molecule has 2 N–H and O–H groups in total. The second-order valence-corrected chi connectivity index (χ2v) is 9.10. The van der Waals surface area contributed by atoms with Crippen LogP contribution >= 0.6 is 0 Å². The van der Waals surface area contributed by atoms with E-state index in [-0.39, 0.29) is 22.4 Å². The van der Waals surface area contributed by atoms with E-state index in [1.807, 2.05) is 0 Å². The number of benzene rings is 1. The molecule has 3 rings (SSSR count). The molecule has 9 nitrogen and oxygen atoms in total. The zero-order valence-corrected chi connectivity index (χ0v) is 16.1. The lowest BCUT2D eigenvalue weighted by molar-refractivity contribution is -0.981. The number of nitro benzene ring substituents is 1. The van der Waals surface area contributed by atoms with Gasteiger partial charge in [-0.2, -0.15) is 0 Å². The summed E-state index contributed by atoms with van der Waals surface area (Å²) in [5.74, 6) is 0.0322. The third-order valence-electron chi connectivity index (χ3n) is 5.27. The summed E-state index contributed by atoms with van der Waals surface area (Å²) in [5, 5.41) is 10.8. The largest absolute Gasteiger partial charge is 0.370 e. The number of nitrogens with zero attached hydrogens (tertiary/aromatic N) is 1. The van der Waals surface area contributed by atoms with Crippen LogP contribution < -0.4 is 9.80 Å². The number of quaternary nitrogens is 2. The van der Waals surface area contributed by atoms with Crippen molar-refractivity contribution in [2.75, 3.05) is 64.9 Å². The van der Waals surface area contributed by atoms with Gasteiger partial charge < -0.3 is 19.3 Å². The maximum atomic E-state index is 13.0. The second-order valence-electron chi connectivity index (χ2n) is 7.07. The predicted molar refractivity (Wildman–Crippen MR) is 96.8 cm³/mol. The molecule has 27 heavy (non-hydrogen) atoms. The number of rotatable bonds is 7. The van der Waals surface area contributed by atoms with E-state index < -0.39 is 14.8 Å². The summed E-state index contributed by atoms with van der Waals surface area (Å²) in [7, 11) is -3.53.